The third-order valence-corrected chi connectivity index (χ3v) is 3.82. The van der Waals surface area contributed by atoms with Gasteiger partial charge in [-0.05, 0) is 51.8 Å². The lowest BCUT2D eigenvalue weighted by molar-refractivity contribution is -0.117. The number of nitrogens with zero attached hydrogens (tertiary/aromatic N) is 1. The van der Waals surface area contributed by atoms with Crippen molar-refractivity contribution >= 4 is 39.5 Å². The van der Waals surface area contributed by atoms with Crippen molar-refractivity contribution in [2.45, 2.75) is 0 Å². The summed E-state index contributed by atoms with van der Waals surface area (Å²) in [6, 6.07) is 13.6. The number of anilines is 1. The normalized spacial score (nSPS) is 16.2. The first-order valence-electron chi connectivity index (χ1n) is 6.47. The number of benzene rings is 2. The zero-order chi connectivity index (χ0) is 15.7. The molecule has 1 aliphatic heterocycles. The first-order valence-corrected chi connectivity index (χ1v) is 7.26. The number of nitrogens with one attached hydrogen (secondary N) is 1. The van der Waals surface area contributed by atoms with Gasteiger partial charge in [0.05, 0.1) is 10.2 Å². The first kappa shape index (κ1) is 14.3. The summed E-state index contributed by atoms with van der Waals surface area (Å²) in [5.74, 6) is -0.784. The maximum atomic E-state index is 12.4. The van der Waals surface area contributed by atoms with Crippen LogP contribution in [0.3, 0.4) is 0 Å². The second kappa shape index (κ2) is 5.65. The van der Waals surface area contributed by atoms with Crippen molar-refractivity contribution in [2.24, 2.45) is 0 Å². The van der Waals surface area contributed by atoms with Crippen LogP contribution in [0.5, 0.6) is 5.75 Å². The molecule has 0 bridgehead atoms. The summed E-state index contributed by atoms with van der Waals surface area (Å²) in [5, 5.41) is 10.7. The molecule has 1 fully saturated rings. The highest BCUT2D eigenvalue weighted by Crippen LogP contribution is 2.26. The van der Waals surface area contributed by atoms with Crippen molar-refractivity contribution in [1.29, 1.82) is 0 Å². The van der Waals surface area contributed by atoms with Gasteiger partial charge in [0.2, 0.25) is 0 Å². The van der Waals surface area contributed by atoms with E-state index in [2.05, 4.69) is 21.4 Å². The van der Waals surface area contributed by atoms with Gasteiger partial charge in [-0.25, -0.2) is 5.01 Å². The Morgan fingerprint density at radius 2 is 1.82 bits per heavy atom. The molecule has 0 saturated carbocycles. The molecular weight excluding hydrogens is 348 g/mol. The summed E-state index contributed by atoms with van der Waals surface area (Å²) in [6.45, 7) is 0. The van der Waals surface area contributed by atoms with Gasteiger partial charge in [-0.2, -0.15) is 0 Å². The molecule has 0 spiro atoms. The number of hydrogen-bond acceptors (Lipinski definition) is 3. The molecule has 2 amide bonds. The Kier molecular flexibility index (Phi) is 3.68. The summed E-state index contributed by atoms with van der Waals surface area (Å²) in [7, 11) is 0. The van der Waals surface area contributed by atoms with Crippen molar-refractivity contribution in [3.05, 3.63) is 64.1 Å². The van der Waals surface area contributed by atoms with Crippen LogP contribution in [0.25, 0.3) is 6.08 Å². The number of para-hydroxylation sites is 1. The molecule has 5 nitrogen and oxygen atoms in total. The topological polar surface area (TPSA) is 69.6 Å². The highest BCUT2D eigenvalue weighted by atomic mass is 79.9. The molecule has 2 aromatic rings. The van der Waals surface area contributed by atoms with Crippen molar-refractivity contribution in [3.63, 3.8) is 0 Å². The predicted octanol–water partition coefficient (Wildman–Crippen LogP) is 2.62. The number of phenolic OH excluding ortho intramolecular Hbond substituents is 1. The largest absolute Gasteiger partial charge is 0.507 e. The quantitative estimate of drug-likeness (QED) is 0.640. The molecule has 0 radical (unpaired) electrons. The maximum Gasteiger partial charge on any atom is 0.282 e. The number of phenols is 1. The van der Waals surface area contributed by atoms with E-state index >= 15 is 0 Å². The van der Waals surface area contributed by atoms with E-state index < -0.39 is 11.8 Å². The minimum Gasteiger partial charge on any atom is -0.507 e. The van der Waals surface area contributed by atoms with Gasteiger partial charge in [0.1, 0.15) is 11.3 Å². The monoisotopic (exact) mass is 358 g/mol. The van der Waals surface area contributed by atoms with Crippen LogP contribution in [0.4, 0.5) is 5.69 Å². The maximum absolute atomic E-state index is 12.4. The first-order chi connectivity index (χ1) is 10.6. The molecule has 1 saturated heterocycles. The van der Waals surface area contributed by atoms with Crippen LogP contribution in [0.1, 0.15) is 5.56 Å². The molecule has 1 aliphatic rings. The van der Waals surface area contributed by atoms with E-state index in [1.54, 1.807) is 36.4 Å². The van der Waals surface area contributed by atoms with E-state index in [0.717, 1.165) is 0 Å². The predicted molar refractivity (Wildman–Crippen MR) is 85.9 cm³/mol. The zero-order valence-electron chi connectivity index (χ0n) is 11.3. The zero-order valence-corrected chi connectivity index (χ0v) is 12.9. The lowest BCUT2D eigenvalue weighted by Gasteiger charge is -2.13. The Morgan fingerprint density at radius 1 is 1.09 bits per heavy atom. The summed E-state index contributed by atoms with van der Waals surface area (Å²) in [6.07, 6.45) is 1.49. The molecule has 0 aliphatic carbocycles. The standard InChI is InChI=1S/C16H11BrN2O3/c17-13-9-10(6-7-14(13)20)8-12-15(21)18-19(16(12)22)11-4-2-1-3-5-11/h1-9,20H,(H,18,21)/b12-8+. The SMILES string of the molecule is O=C1NN(c2ccccc2)C(=O)/C1=C/c1ccc(O)c(Br)c1. The molecule has 1 heterocycles. The van der Waals surface area contributed by atoms with Gasteiger partial charge >= 0.3 is 0 Å². The Bertz CT molecular complexity index is 787. The smallest absolute Gasteiger partial charge is 0.282 e. The van der Waals surface area contributed by atoms with E-state index in [9.17, 15) is 14.7 Å². The Morgan fingerprint density at radius 3 is 2.50 bits per heavy atom. The molecule has 3 rings (SSSR count). The minimum atomic E-state index is -0.460. The number of hydrazine groups is 1. The average Bonchev–Trinajstić information content (AvgIpc) is 2.80. The highest BCUT2D eigenvalue weighted by molar-refractivity contribution is 9.10. The summed E-state index contributed by atoms with van der Waals surface area (Å²) in [4.78, 5) is 24.4. The Balaban J connectivity index is 1.94. The van der Waals surface area contributed by atoms with Gasteiger partial charge in [-0.15, -0.1) is 0 Å². The number of carbonyl (C=O) groups is 2. The molecule has 0 atom stereocenters. The van der Waals surface area contributed by atoms with Gasteiger partial charge in [0, 0.05) is 0 Å². The average molecular weight is 359 g/mol. The van der Waals surface area contributed by atoms with E-state index in [0.29, 0.717) is 15.7 Å². The summed E-state index contributed by atoms with van der Waals surface area (Å²) >= 11 is 3.20. The molecule has 2 aromatic carbocycles. The van der Waals surface area contributed by atoms with Gasteiger partial charge in [0.15, 0.2) is 0 Å². The van der Waals surface area contributed by atoms with Crippen LogP contribution in [-0.2, 0) is 9.59 Å². The number of rotatable bonds is 2. The lowest BCUT2D eigenvalue weighted by Crippen LogP contribution is -2.35. The fourth-order valence-corrected chi connectivity index (χ4v) is 2.49. The lowest BCUT2D eigenvalue weighted by atomic mass is 10.1. The van der Waals surface area contributed by atoms with Crippen molar-refractivity contribution in [1.82, 2.24) is 5.43 Å². The minimum absolute atomic E-state index is 0.0430. The number of halogens is 1. The molecule has 22 heavy (non-hydrogen) atoms. The third kappa shape index (κ3) is 2.60. The molecule has 0 unspecified atom stereocenters. The molecule has 0 aromatic heterocycles. The van der Waals surface area contributed by atoms with E-state index in [4.69, 9.17) is 0 Å². The van der Waals surface area contributed by atoms with Gasteiger partial charge in [-0.1, -0.05) is 24.3 Å². The second-order valence-electron chi connectivity index (χ2n) is 4.69. The van der Waals surface area contributed by atoms with Gasteiger partial charge < -0.3 is 5.11 Å². The van der Waals surface area contributed by atoms with Crippen LogP contribution in [0, 0.1) is 0 Å². The molecular formula is C16H11BrN2O3. The van der Waals surface area contributed by atoms with Crippen LogP contribution in [-0.4, -0.2) is 16.9 Å². The molecule has 6 heteroatoms. The van der Waals surface area contributed by atoms with Crippen LogP contribution in [0.15, 0.2) is 58.6 Å². The van der Waals surface area contributed by atoms with Crippen LogP contribution < -0.4 is 10.4 Å². The third-order valence-electron chi connectivity index (χ3n) is 3.19. The second-order valence-corrected chi connectivity index (χ2v) is 5.54. The number of hydrogen-bond donors (Lipinski definition) is 2. The fourth-order valence-electron chi connectivity index (χ4n) is 2.10. The number of aromatic hydroxyl groups is 1. The van der Waals surface area contributed by atoms with E-state index in [1.807, 2.05) is 6.07 Å². The summed E-state index contributed by atoms with van der Waals surface area (Å²) < 4.78 is 0.493. The Labute approximate surface area is 135 Å². The van der Waals surface area contributed by atoms with Crippen molar-refractivity contribution < 1.29 is 14.7 Å². The molecule has 2 N–H and O–H groups in total. The van der Waals surface area contributed by atoms with Gasteiger partial charge in [0.25, 0.3) is 11.8 Å². The van der Waals surface area contributed by atoms with Gasteiger partial charge in [-0.3, -0.25) is 15.0 Å². The van der Waals surface area contributed by atoms with E-state index in [1.165, 1.54) is 17.2 Å². The summed E-state index contributed by atoms with van der Waals surface area (Å²) in [5.41, 5.74) is 3.81. The Hall–Kier alpha value is -2.60. The van der Waals surface area contributed by atoms with Crippen molar-refractivity contribution in [2.75, 3.05) is 5.01 Å². The van der Waals surface area contributed by atoms with E-state index in [-0.39, 0.29) is 11.3 Å². The molecule has 110 valence electrons. The fraction of sp³-hybridized carbons (Fsp3) is 0. The number of amides is 2. The van der Waals surface area contributed by atoms with Crippen LogP contribution in [0.2, 0.25) is 0 Å². The van der Waals surface area contributed by atoms with Crippen LogP contribution >= 0.6 is 15.9 Å². The number of carbonyl (C=O) groups excluding carboxylic acids is 2. The van der Waals surface area contributed by atoms with Crippen molar-refractivity contribution in [3.8, 4) is 5.75 Å². The highest BCUT2D eigenvalue weighted by Gasteiger charge is 2.34.